The monoisotopic (exact) mass is 436 g/mol. The van der Waals surface area contributed by atoms with Gasteiger partial charge in [-0.15, -0.1) is 0 Å². The molecule has 29 heavy (non-hydrogen) atoms. The lowest BCUT2D eigenvalue weighted by molar-refractivity contribution is -0.391. The number of halogens is 2. The Hall–Kier alpha value is -3.50. The SMILES string of the molecule is O=C(NCc1cccc(Cl)c1Cl)c1c([N+](=O)[O-])noc1-c1ccc([N+](=O)[O-])cc1. The maximum absolute atomic E-state index is 12.7. The van der Waals surface area contributed by atoms with E-state index in [4.69, 9.17) is 27.7 Å². The van der Waals surface area contributed by atoms with E-state index in [1.165, 1.54) is 24.3 Å². The largest absolute Gasteiger partial charge is 0.427 e. The van der Waals surface area contributed by atoms with Crippen LogP contribution in [0, 0.1) is 20.2 Å². The van der Waals surface area contributed by atoms with Crippen LogP contribution in [0.25, 0.3) is 11.3 Å². The zero-order valence-electron chi connectivity index (χ0n) is 14.3. The normalized spacial score (nSPS) is 10.6. The lowest BCUT2D eigenvalue weighted by Crippen LogP contribution is -2.24. The van der Waals surface area contributed by atoms with Gasteiger partial charge in [-0.3, -0.25) is 19.4 Å². The first-order chi connectivity index (χ1) is 13.8. The third kappa shape index (κ3) is 4.18. The van der Waals surface area contributed by atoms with Crippen molar-refractivity contribution in [2.75, 3.05) is 0 Å². The molecular weight excluding hydrogens is 427 g/mol. The van der Waals surface area contributed by atoms with Crippen molar-refractivity contribution in [1.82, 2.24) is 10.5 Å². The Balaban J connectivity index is 1.93. The Morgan fingerprint density at radius 2 is 1.76 bits per heavy atom. The molecule has 12 heteroatoms. The number of benzene rings is 2. The maximum Gasteiger partial charge on any atom is 0.427 e. The first kappa shape index (κ1) is 20.2. The van der Waals surface area contributed by atoms with Gasteiger partial charge in [-0.2, -0.15) is 0 Å². The quantitative estimate of drug-likeness (QED) is 0.445. The number of non-ortho nitro benzene ring substituents is 1. The number of hydrogen-bond donors (Lipinski definition) is 1. The molecule has 10 nitrogen and oxygen atoms in total. The van der Waals surface area contributed by atoms with Crippen LogP contribution in [0.15, 0.2) is 47.0 Å². The van der Waals surface area contributed by atoms with Crippen LogP contribution in [-0.4, -0.2) is 20.9 Å². The third-order valence-electron chi connectivity index (χ3n) is 3.89. The van der Waals surface area contributed by atoms with Gasteiger partial charge in [0.2, 0.25) is 5.76 Å². The first-order valence-corrected chi connectivity index (χ1v) is 8.65. The molecule has 148 valence electrons. The van der Waals surface area contributed by atoms with Gasteiger partial charge in [0.15, 0.2) is 10.7 Å². The molecule has 0 bridgehead atoms. The topological polar surface area (TPSA) is 141 Å². The molecule has 0 aliphatic heterocycles. The molecule has 0 radical (unpaired) electrons. The molecule has 1 N–H and O–H groups in total. The van der Waals surface area contributed by atoms with Crippen molar-refractivity contribution in [3.8, 4) is 11.3 Å². The van der Waals surface area contributed by atoms with Crippen molar-refractivity contribution in [2.24, 2.45) is 0 Å². The molecular formula is C17H10Cl2N4O6. The predicted octanol–water partition coefficient (Wildman–Crippen LogP) is 4.39. The van der Waals surface area contributed by atoms with E-state index in [9.17, 15) is 25.0 Å². The van der Waals surface area contributed by atoms with Crippen molar-refractivity contribution >= 4 is 40.6 Å². The van der Waals surface area contributed by atoms with Gasteiger partial charge in [0, 0.05) is 24.2 Å². The molecule has 3 aromatic rings. The Morgan fingerprint density at radius 1 is 1.07 bits per heavy atom. The van der Waals surface area contributed by atoms with Crippen LogP contribution in [0.4, 0.5) is 11.5 Å². The molecule has 0 aliphatic rings. The number of amides is 1. The smallest absolute Gasteiger partial charge is 0.358 e. The van der Waals surface area contributed by atoms with Gasteiger partial charge in [0.25, 0.3) is 11.6 Å². The minimum atomic E-state index is -0.861. The molecule has 0 spiro atoms. The Morgan fingerprint density at radius 3 is 2.38 bits per heavy atom. The van der Waals surface area contributed by atoms with Gasteiger partial charge in [-0.25, -0.2) is 0 Å². The van der Waals surface area contributed by atoms with Gasteiger partial charge < -0.3 is 15.4 Å². The second kappa shape index (κ2) is 8.25. The number of carbonyl (C=O) groups excluding carboxylic acids is 1. The lowest BCUT2D eigenvalue weighted by atomic mass is 10.1. The molecule has 1 amide bonds. The zero-order chi connectivity index (χ0) is 21.1. The van der Waals surface area contributed by atoms with Gasteiger partial charge >= 0.3 is 5.82 Å². The first-order valence-electron chi connectivity index (χ1n) is 7.89. The fourth-order valence-corrected chi connectivity index (χ4v) is 2.88. The van der Waals surface area contributed by atoms with Crippen LogP contribution in [0.5, 0.6) is 0 Å². The van der Waals surface area contributed by atoms with E-state index in [1.54, 1.807) is 18.2 Å². The second-order valence-electron chi connectivity index (χ2n) is 5.67. The second-order valence-corrected chi connectivity index (χ2v) is 6.45. The number of nitro benzene ring substituents is 1. The molecule has 0 aliphatic carbocycles. The Bertz CT molecular complexity index is 1110. The highest BCUT2D eigenvalue weighted by Crippen LogP contribution is 2.32. The zero-order valence-corrected chi connectivity index (χ0v) is 15.8. The number of nitrogens with zero attached hydrogens (tertiary/aromatic N) is 3. The molecule has 2 aromatic carbocycles. The number of hydrogen-bond acceptors (Lipinski definition) is 7. The molecule has 0 saturated heterocycles. The number of carbonyl (C=O) groups is 1. The summed E-state index contributed by atoms with van der Waals surface area (Å²) in [6.07, 6.45) is 0. The summed E-state index contributed by atoms with van der Waals surface area (Å²) in [5, 5.41) is 28.4. The summed E-state index contributed by atoms with van der Waals surface area (Å²) in [7, 11) is 0. The van der Waals surface area contributed by atoms with Crippen molar-refractivity contribution in [3.63, 3.8) is 0 Å². The standard InChI is InChI=1S/C17H10Cl2N4O6/c18-12-3-1-2-10(14(12)19)8-20-17(24)13-15(29-21-16(13)23(27)28)9-4-6-11(7-5-9)22(25)26/h1-7H,8H2,(H,20,24). The third-order valence-corrected chi connectivity index (χ3v) is 4.74. The van der Waals surface area contributed by atoms with Gasteiger partial charge in [0.1, 0.15) is 0 Å². The van der Waals surface area contributed by atoms with E-state index in [2.05, 4.69) is 10.5 Å². The highest BCUT2D eigenvalue weighted by atomic mass is 35.5. The van der Waals surface area contributed by atoms with Crippen molar-refractivity contribution in [1.29, 1.82) is 0 Å². The average Bonchev–Trinajstić information content (AvgIpc) is 3.14. The van der Waals surface area contributed by atoms with E-state index >= 15 is 0 Å². The molecule has 0 saturated carbocycles. The maximum atomic E-state index is 12.7. The van der Waals surface area contributed by atoms with Crippen molar-refractivity contribution in [2.45, 2.75) is 6.54 Å². The highest BCUT2D eigenvalue weighted by Gasteiger charge is 2.33. The average molecular weight is 437 g/mol. The summed E-state index contributed by atoms with van der Waals surface area (Å²) in [6.45, 7) is -0.0553. The van der Waals surface area contributed by atoms with E-state index in [0.29, 0.717) is 10.6 Å². The van der Waals surface area contributed by atoms with Crippen LogP contribution in [0.2, 0.25) is 10.0 Å². The highest BCUT2D eigenvalue weighted by molar-refractivity contribution is 6.42. The summed E-state index contributed by atoms with van der Waals surface area (Å²) in [4.78, 5) is 33.3. The fourth-order valence-electron chi connectivity index (χ4n) is 2.49. The number of rotatable bonds is 6. The summed E-state index contributed by atoms with van der Waals surface area (Å²) < 4.78 is 4.99. The van der Waals surface area contributed by atoms with Crippen LogP contribution in [0.3, 0.4) is 0 Å². The number of nitro groups is 2. The summed E-state index contributed by atoms with van der Waals surface area (Å²) in [5.74, 6) is -1.81. The van der Waals surface area contributed by atoms with E-state index in [0.717, 1.165) is 0 Å². The number of aromatic nitrogens is 1. The van der Waals surface area contributed by atoms with E-state index in [1.807, 2.05) is 0 Å². The summed E-state index contributed by atoms with van der Waals surface area (Å²) >= 11 is 12.0. The molecule has 0 unspecified atom stereocenters. The molecule has 0 atom stereocenters. The molecule has 0 fully saturated rings. The summed E-state index contributed by atoms with van der Waals surface area (Å²) in [6, 6.07) is 9.80. The molecule has 1 heterocycles. The molecule has 3 rings (SSSR count). The van der Waals surface area contributed by atoms with Crippen LogP contribution < -0.4 is 5.32 Å². The van der Waals surface area contributed by atoms with Crippen molar-refractivity contribution in [3.05, 3.63) is 83.9 Å². The lowest BCUT2D eigenvalue weighted by Gasteiger charge is -2.07. The van der Waals surface area contributed by atoms with Crippen molar-refractivity contribution < 1.29 is 19.2 Å². The Labute approximate surface area is 172 Å². The molecule has 1 aromatic heterocycles. The minimum absolute atomic E-state index is 0.0553. The predicted molar refractivity (Wildman–Crippen MR) is 103 cm³/mol. The van der Waals surface area contributed by atoms with Gasteiger partial charge in [0.05, 0.1) is 15.0 Å². The van der Waals surface area contributed by atoms with E-state index < -0.39 is 27.1 Å². The van der Waals surface area contributed by atoms with E-state index in [-0.39, 0.29) is 28.6 Å². The van der Waals surface area contributed by atoms with Crippen LogP contribution in [0.1, 0.15) is 15.9 Å². The van der Waals surface area contributed by atoms with Gasteiger partial charge in [-0.1, -0.05) is 35.3 Å². The van der Waals surface area contributed by atoms with Crippen LogP contribution >= 0.6 is 23.2 Å². The van der Waals surface area contributed by atoms with Gasteiger partial charge in [-0.05, 0) is 28.7 Å². The number of nitrogens with one attached hydrogen (secondary N) is 1. The van der Waals surface area contributed by atoms with Crippen LogP contribution in [-0.2, 0) is 6.54 Å². The minimum Gasteiger partial charge on any atom is -0.358 e. The summed E-state index contributed by atoms with van der Waals surface area (Å²) in [5.41, 5.74) is 0.108. The fraction of sp³-hybridized carbons (Fsp3) is 0.0588. The Kier molecular flexibility index (Phi) is 5.76.